The van der Waals surface area contributed by atoms with E-state index in [1.165, 1.54) is 12.8 Å². The lowest BCUT2D eigenvalue weighted by atomic mass is 10.1. The lowest BCUT2D eigenvalue weighted by molar-refractivity contribution is 0.642. The average Bonchev–Trinajstić information content (AvgIpc) is 2.44. The third-order valence-electron chi connectivity index (χ3n) is 1.53. The molecule has 1 nitrogen and oxygen atoms in total. The highest BCUT2D eigenvalue weighted by atomic mass is 14.4. The summed E-state index contributed by atoms with van der Waals surface area (Å²) >= 11 is 0. The fraction of sp³-hybridized carbons (Fsp3) is 0.857. The van der Waals surface area contributed by atoms with Gasteiger partial charge in [-0.1, -0.05) is 7.43 Å². The second-order valence-corrected chi connectivity index (χ2v) is 2.26. The van der Waals surface area contributed by atoms with Gasteiger partial charge in [0.1, 0.15) is 0 Å². The highest BCUT2D eigenvalue weighted by Gasteiger charge is 2.27. The molecule has 0 aromatic rings. The van der Waals surface area contributed by atoms with Crippen LogP contribution in [0, 0.1) is 23.2 Å². The van der Waals surface area contributed by atoms with E-state index in [9.17, 15) is 0 Å². The van der Waals surface area contributed by atoms with Gasteiger partial charge in [-0.2, -0.15) is 5.26 Å². The molecule has 0 radical (unpaired) electrons. The molecule has 1 unspecified atom stereocenters. The molecule has 8 heavy (non-hydrogen) atoms. The van der Waals surface area contributed by atoms with E-state index in [4.69, 9.17) is 5.26 Å². The largest absolute Gasteiger partial charge is 0.198 e. The summed E-state index contributed by atoms with van der Waals surface area (Å²) in [6.45, 7) is 2.00. The van der Waals surface area contributed by atoms with Crippen molar-refractivity contribution in [2.24, 2.45) is 11.8 Å². The van der Waals surface area contributed by atoms with Gasteiger partial charge in [0.25, 0.3) is 0 Å². The Morgan fingerprint density at radius 2 is 2.12 bits per heavy atom. The lowest BCUT2D eigenvalue weighted by Gasteiger charge is -1.90. The minimum absolute atomic E-state index is 0. The van der Waals surface area contributed by atoms with Crippen LogP contribution in [0.25, 0.3) is 0 Å². The van der Waals surface area contributed by atoms with Gasteiger partial charge in [0.05, 0.1) is 6.07 Å². The van der Waals surface area contributed by atoms with Crippen molar-refractivity contribution in [2.75, 3.05) is 0 Å². The van der Waals surface area contributed by atoms with E-state index < -0.39 is 0 Å². The van der Waals surface area contributed by atoms with Crippen molar-refractivity contribution >= 4 is 0 Å². The summed E-state index contributed by atoms with van der Waals surface area (Å²) in [6.07, 6.45) is 2.57. The molecule has 0 saturated heterocycles. The molecule has 1 saturated carbocycles. The van der Waals surface area contributed by atoms with Crippen LogP contribution < -0.4 is 0 Å². The standard InChI is InChI=1S/C6H9N.CH4/c1-5(4-7)6-2-3-6;/h5-6H,2-3H2,1H3;1H4. The molecule has 1 aliphatic carbocycles. The van der Waals surface area contributed by atoms with Crippen molar-refractivity contribution < 1.29 is 0 Å². The average molecular weight is 111 g/mol. The molecule has 0 aromatic carbocycles. The molecule has 1 fully saturated rings. The quantitative estimate of drug-likeness (QED) is 0.509. The van der Waals surface area contributed by atoms with Gasteiger partial charge >= 0.3 is 0 Å². The zero-order valence-electron chi connectivity index (χ0n) is 4.52. The second-order valence-electron chi connectivity index (χ2n) is 2.26. The van der Waals surface area contributed by atoms with Crippen LogP contribution in [-0.4, -0.2) is 0 Å². The van der Waals surface area contributed by atoms with Crippen LogP contribution in [0.3, 0.4) is 0 Å². The Morgan fingerprint density at radius 3 is 2.25 bits per heavy atom. The molecule has 0 aromatic heterocycles. The Morgan fingerprint density at radius 1 is 1.62 bits per heavy atom. The highest BCUT2D eigenvalue weighted by molar-refractivity contribution is 4.91. The fourth-order valence-electron chi connectivity index (χ4n) is 0.702. The van der Waals surface area contributed by atoms with Gasteiger partial charge in [-0.15, -0.1) is 0 Å². The van der Waals surface area contributed by atoms with Crippen molar-refractivity contribution in [2.45, 2.75) is 27.2 Å². The Kier molecular flexibility index (Phi) is 2.54. The minimum Gasteiger partial charge on any atom is -0.198 e. The second kappa shape index (κ2) is 2.71. The Labute approximate surface area is 51.3 Å². The Bertz CT molecular complexity index is 97.4. The van der Waals surface area contributed by atoms with Crippen LogP contribution in [0.4, 0.5) is 0 Å². The van der Waals surface area contributed by atoms with Crippen LogP contribution >= 0.6 is 0 Å². The Hall–Kier alpha value is -0.510. The summed E-state index contributed by atoms with van der Waals surface area (Å²) < 4.78 is 0. The van der Waals surface area contributed by atoms with Gasteiger partial charge in [0.2, 0.25) is 0 Å². The summed E-state index contributed by atoms with van der Waals surface area (Å²) in [5, 5.41) is 8.30. The van der Waals surface area contributed by atoms with E-state index in [0.717, 1.165) is 5.92 Å². The maximum atomic E-state index is 8.30. The van der Waals surface area contributed by atoms with Gasteiger partial charge in [0.15, 0.2) is 0 Å². The maximum absolute atomic E-state index is 8.30. The van der Waals surface area contributed by atoms with E-state index in [0.29, 0.717) is 5.92 Å². The smallest absolute Gasteiger partial charge is 0.0655 e. The molecule has 1 rings (SSSR count). The van der Waals surface area contributed by atoms with Gasteiger partial charge in [-0.3, -0.25) is 0 Å². The fourth-order valence-corrected chi connectivity index (χ4v) is 0.702. The molecule has 0 spiro atoms. The third-order valence-corrected chi connectivity index (χ3v) is 1.53. The van der Waals surface area contributed by atoms with E-state index in [-0.39, 0.29) is 7.43 Å². The van der Waals surface area contributed by atoms with Crippen LogP contribution in [0.1, 0.15) is 27.2 Å². The van der Waals surface area contributed by atoms with Crippen molar-refractivity contribution in [1.82, 2.24) is 0 Å². The molecular formula is C7H13N. The number of nitrogens with zero attached hydrogens (tertiary/aromatic N) is 1. The zero-order chi connectivity index (χ0) is 5.28. The van der Waals surface area contributed by atoms with Crippen LogP contribution in [-0.2, 0) is 0 Å². The highest BCUT2D eigenvalue weighted by Crippen LogP contribution is 2.35. The molecule has 0 aliphatic heterocycles. The predicted molar refractivity (Wildman–Crippen MR) is 34.2 cm³/mol. The summed E-state index contributed by atoms with van der Waals surface area (Å²) in [5.74, 6) is 1.07. The molecule has 1 atom stereocenters. The number of rotatable bonds is 1. The van der Waals surface area contributed by atoms with Crippen molar-refractivity contribution in [3.8, 4) is 6.07 Å². The zero-order valence-corrected chi connectivity index (χ0v) is 4.52. The van der Waals surface area contributed by atoms with Crippen molar-refractivity contribution in [3.63, 3.8) is 0 Å². The molecule has 0 heterocycles. The normalized spacial score (nSPS) is 20.5. The number of hydrogen-bond acceptors (Lipinski definition) is 1. The first-order valence-corrected chi connectivity index (χ1v) is 2.74. The predicted octanol–water partition coefficient (Wildman–Crippen LogP) is 2.19. The first-order valence-electron chi connectivity index (χ1n) is 2.74. The minimum atomic E-state index is 0. The summed E-state index contributed by atoms with van der Waals surface area (Å²) in [4.78, 5) is 0. The SMILES string of the molecule is C.CC(C#N)C1CC1. The molecule has 0 bridgehead atoms. The number of nitriles is 1. The molecule has 1 heteroatoms. The summed E-state index contributed by atoms with van der Waals surface area (Å²) in [7, 11) is 0. The van der Waals surface area contributed by atoms with E-state index in [1.807, 2.05) is 6.92 Å². The molecule has 0 N–H and O–H groups in total. The summed E-state index contributed by atoms with van der Waals surface area (Å²) in [5.41, 5.74) is 0. The monoisotopic (exact) mass is 111 g/mol. The lowest BCUT2D eigenvalue weighted by Crippen LogP contribution is -1.89. The van der Waals surface area contributed by atoms with Crippen LogP contribution in [0.5, 0.6) is 0 Å². The van der Waals surface area contributed by atoms with Gasteiger partial charge < -0.3 is 0 Å². The molecular weight excluding hydrogens is 98.1 g/mol. The van der Waals surface area contributed by atoms with Gasteiger partial charge in [-0.25, -0.2) is 0 Å². The van der Waals surface area contributed by atoms with E-state index >= 15 is 0 Å². The van der Waals surface area contributed by atoms with E-state index in [1.54, 1.807) is 0 Å². The summed E-state index contributed by atoms with van der Waals surface area (Å²) in [6, 6.07) is 2.23. The van der Waals surface area contributed by atoms with Gasteiger partial charge in [0, 0.05) is 5.92 Å². The Balaban J connectivity index is 0.000000490. The molecule has 46 valence electrons. The first kappa shape index (κ1) is 7.49. The third kappa shape index (κ3) is 1.54. The van der Waals surface area contributed by atoms with Gasteiger partial charge in [-0.05, 0) is 25.7 Å². The van der Waals surface area contributed by atoms with Crippen LogP contribution in [0.15, 0.2) is 0 Å². The van der Waals surface area contributed by atoms with Crippen molar-refractivity contribution in [1.29, 1.82) is 5.26 Å². The maximum Gasteiger partial charge on any atom is 0.0655 e. The molecule has 1 aliphatic rings. The van der Waals surface area contributed by atoms with E-state index in [2.05, 4.69) is 6.07 Å². The first-order chi connectivity index (χ1) is 3.34. The van der Waals surface area contributed by atoms with Crippen LogP contribution in [0.2, 0.25) is 0 Å². The molecule has 0 amide bonds. The topological polar surface area (TPSA) is 23.8 Å². The number of hydrogen-bond donors (Lipinski definition) is 0. The van der Waals surface area contributed by atoms with Crippen molar-refractivity contribution in [3.05, 3.63) is 0 Å².